The van der Waals surface area contributed by atoms with Crippen LogP contribution in [0.4, 0.5) is 11.4 Å². The number of nitrogen functional groups attached to an aromatic ring is 1. The molecule has 0 saturated carbocycles. The topological polar surface area (TPSA) is 116 Å². The third-order valence-corrected chi connectivity index (χ3v) is 4.69. The number of non-ortho nitro benzene ring substituents is 1. The van der Waals surface area contributed by atoms with Crippen molar-refractivity contribution in [3.8, 4) is 11.1 Å². The van der Waals surface area contributed by atoms with Crippen molar-refractivity contribution >= 4 is 29.2 Å². The fraction of sp³-hybridized carbons (Fsp3) is 0.150. The highest BCUT2D eigenvalue weighted by molar-refractivity contribution is 6.30. The van der Waals surface area contributed by atoms with E-state index in [1.165, 1.54) is 30.0 Å². The molecule has 0 amide bonds. The Bertz CT molecular complexity index is 1170. The van der Waals surface area contributed by atoms with E-state index in [1.54, 1.807) is 37.6 Å². The lowest BCUT2D eigenvalue weighted by atomic mass is 9.94. The van der Waals surface area contributed by atoms with E-state index in [0.717, 1.165) is 11.3 Å². The van der Waals surface area contributed by atoms with Crippen molar-refractivity contribution in [1.29, 1.82) is 0 Å². The highest BCUT2D eigenvalue weighted by Gasteiger charge is 2.18. The second-order valence-corrected chi connectivity index (χ2v) is 6.85. The van der Waals surface area contributed by atoms with Gasteiger partial charge in [-0.3, -0.25) is 24.9 Å². The molecular weight excluding hydrogens is 394 g/mol. The SMILES string of the molecule is CN=Cc1c(N)c(-c2cc([N+](=O)[O-])ccc2Cc2ccc(Cl)cn2)cn(C)c1=O. The molecule has 0 bridgehead atoms. The van der Waals surface area contributed by atoms with Gasteiger partial charge in [0.15, 0.2) is 0 Å². The van der Waals surface area contributed by atoms with Crippen molar-refractivity contribution in [3.05, 3.63) is 85.0 Å². The van der Waals surface area contributed by atoms with Crippen LogP contribution in [0.25, 0.3) is 11.1 Å². The molecular formula is C20H18ClN5O3. The lowest BCUT2D eigenvalue weighted by molar-refractivity contribution is -0.384. The molecule has 0 fully saturated rings. The van der Waals surface area contributed by atoms with Crippen LogP contribution < -0.4 is 11.3 Å². The van der Waals surface area contributed by atoms with Gasteiger partial charge in [0.25, 0.3) is 11.2 Å². The summed E-state index contributed by atoms with van der Waals surface area (Å²) in [7, 11) is 3.13. The summed E-state index contributed by atoms with van der Waals surface area (Å²) in [5.74, 6) is 0. The molecule has 1 aromatic carbocycles. The summed E-state index contributed by atoms with van der Waals surface area (Å²) < 4.78 is 1.38. The minimum atomic E-state index is -0.472. The maximum Gasteiger partial charge on any atom is 0.270 e. The Morgan fingerprint density at radius 2 is 2.07 bits per heavy atom. The van der Waals surface area contributed by atoms with Crippen molar-refractivity contribution in [2.75, 3.05) is 12.8 Å². The minimum Gasteiger partial charge on any atom is -0.397 e. The monoisotopic (exact) mass is 411 g/mol. The Hall–Kier alpha value is -3.52. The summed E-state index contributed by atoms with van der Waals surface area (Å²) in [6.07, 6.45) is 4.91. The number of nitro benzene ring substituents is 1. The Balaban J connectivity index is 2.24. The van der Waals surface area contributed by atoms with Crippen LogP contribution in [0.5, 0.6) is 0 Å². The molecule has 0 aliphatic rings. The molecule has 9 heteroatoms. The number of nitrogens with two attached hydrogens (primary N) is 1. The van der Waals surface area contributed by atoms with Gasteiger partial charge in [0, 0.05) is 62.5 Å². The lowest BCUT2D eigenvalue weighted by Gasteiger charge is -2.15. The van der Waals surface area contributed by atoms with E-state index >= 15 is 0 Å². The van der Waals surface area contributed by atoms with Gasteiger partial charge in [0.1, 0.15) is 0 Å². The summed E-state index contributed by atoms with van der Waals surface area (Å²) in [5, 5.41) is 11.9. The molecule has 148 valence electrons. The number of aryl methyl sites for hydroxylation is 1. The van der Waals surface area contributed by atoms with Crippen LogP contribution in [-0.4, -0.2) is 27.7 Å². The Morgan fingerprint density at radius 1 is 1.31 bits per heavy atom. The predicted octanol–water partition coefficient (Wildman–Crippen LogP) is 3.23. The number of aromatic nitrogens is 2. The first-order valence-electron chi connectivity index (χ1n) is 8.61. The molecule has 29 heavy (non-hydrogen) atoms. The normalized spacial score (nSPS) is 11.1. The summed E-state index contributed by atoms with van der Waals surface area (Å²) in [5.41, 5.74) is 8.91. The number of nitro groups is 1. The van der Waals surface area contributed by atoms with Crippen LogP contribution in [0.2, 0.25) is 5.02 Å². The molecule has 3 aromatic rings. The smallest absolute Gasteiger partial charge is 0.270 e. The number of halogens is 1. The third kappa shape index (κ3) is 4.17. The van der Waals surface area contributed by atoms with Gasteiger partial charge in [-0.05, 0) is 23.3 Å². The average Bonchev–Trinajstić information content (AvgIpc) is 2.70. The molecule has 0 atom stereocenters. The van der Waals surface area contributed by atoms with E-state index in [1.807, 2.05) is 0 Å². The zero-order valence-electron chi connectivity index (χ0n) is 15.8. The second kappa shape index (κ2) is 8.24. The molecule has 0 saturated heterocycles. The van der Waals surface area contributed by atoms with Crippen molar-refractivity contribution in [2.24, 2.45) is 12.0 Å². The van der Waals surface area contributed by atoms with E-state index in [-0.39, 0.29) is 22.5 Å². The number of benzene rings is 1. The van der Waals surface area contributed by atoms with Crippen LogP contribution in [-0.2, 0) is 13.5 Å². The zero-order chi connectivity index (χ0) is 21.1. The summed E-state index contributed by atoms with van der Waals surface area (Å²) >= 11 is 5.90. The van der Waals surface area contributed by atoms with Crippen LogP contribution in [0, 0.1) is 10.1 Å². The van der Waals surface area contributed by atoms with Crippen molar-refractivity contribution in [1.82, 2.24) is 9.55 Å². The fourth-order valence-electron chi connectivity index (χ4n) is 3.03. The number of anilines is 1. The quantitative estimate of drug-likeness (QED) is 0.393. The molecule has 0 aliphatic heterocycles. The second-order valence-electron chi connectivity index (χ2n) is 6.42. The van der Waals surface area contributed by atoms with Crippen molar-refractivity contribution in [2.45, 2.75) is 6.42 Å². The first-order chi connectivity index (χ1) is 13.8. The Morgan fingerprint density at radius 3 is 2.69 bits per heavy atom. The van der Waals surface area contributed by atoms with Crippen LogP contribution in [0.3, 0.4) is 0 Å². The highest BCUT2D eigenvalue weighted by atomic mass is 35.5. The molecule has 0 unspecified atom stereocenters. The van der Waals surface area contributed by atoms with Gasteiger partial charge in [0.2, 0.25) is 0 Å². The van der Waals surface area contributed by atoms with Gasteiger partial charge >= 0.3 is 0 Å². The average molecular weight is 412 g/mol. The van der Waals surface area contributed by atoms with Gasteiger partial charge in [-0.1, -0.05) is 17.7 Å². The number of hydrogen-bond acceptors (Lipinski definition) is 6. The van der Waals surface area contributed by atoms with Crippen LogP contribution in [0.1, 0.15) is 16.8 Å². The van der Waals surface area contributed by atoms with Crippen LogP contribution >= 0.6 is 11.6 Å². The van der Waals surface area contributed by atoms with Gasteiger partial charge in [-0.15, -0.1) is 0 Å². The molecule has 3 rings (SSSR count). The number of nitrogens with zero attached hydrogens (tertiary/aromatic N) is 4. The molecule has 2 N–H and O–H groups in total. The molecule has 8 nitrogen and oxygen atoms in total. The first kappa shape index (κ1) is 20.2. The Kier molecular flexibility index (Phi) is 5.74. The van der Waals surface area contributed by atoms with Gasteiger partial charge in [-0.2, -0.15) is 0 Å². The highest BCUT2D eigenvalue weighted by Crippen LogP contribution is 2.33. The van der Waals surface area contributed by atoms with E-state index in [2.05, 4.69) is 9.98 Å². The first-order valence-corrected chi connectivity index (χ1v) is 8.99. The predicted molar refractivity (Wildman–Crippen MR) is 114 cm³/mol. The third-order valence-electron chi connectivity index (χ3n) is 4.47. The maximum absolute atomic E-state index is 12.4. The number of rotatable bonds is 5. The molecule has 0 spiro atoms. The number of hydrogen-bond donors (Lipinski definition) is 1. The zero-order valence-corrected chi connectivity index (χ0v) is 16.6. The minimum absolute atomic E-state index is 0.0771. The largest absolute Gasteiger partial charge is 0.397 e. The van der Waals surface area contributed by atoms with Crippen molar-refractivity contribution in [3.63, 3.8) is 0 Å². The van der Waals surface area contributed by atoms with Crippen LogP contribution in [0.15, 0.2) is 52.5 Å². The summed E-state index contributed by atoms with van der Waals surface area (Å²) in [6.45, 7) is 0. The van der Waals surface area contributed by atoms with Crippen molar-refractivity contribution < 1.29 is 4.92 Å². The standard InChI is InChI=1S/C20H18ClN5O3/c1-23-10-17-19(22)18(11-25(2)20(17)27)16-8-15(26(28)29)6-3-12(16)7-14-5-4-13(21)9-24-14/h3-6,8-11H,7,22H2,1-2H3. The van der Waals surface area contributed by atoms with Gasteiger partial charge in [-0.25, -0.2) is 0 Å². The van der Waals surface area contributed by atoms with E-state index in [9.17, 15) is 14.9 Å². The summed E-state index contributed by atoms with van der Waals surface area (Å²) in [4.78, 5) is 31.5. The van der Waals surface area contributed by atoms with Gasteiger partial charge < -0.3 is 10.3 Å². The van der Waals surface area contributed by atoms with E-state index < -0.39 is 4.92 Å². The lowest BCUT2D eigenvalue weighted by Crippen LogP contribution is -2.23. The number of pyridine rings is 2. The molecule has 0 radical (unpaired) electrons. The molecule has 0 aliphatic carbocycles. The van der Waals surface area contributed by atoms with E-state index in [0.29, 0.717) is 22.6 Å². The summed E-state index contributed by atoms with van der Waals surface area (Å²) in [6, 6.07) is 8.07. The fourth-order valence-corrected chi connectivity index (χ4v) is 3.14. The molecule has 2 aromatic heterocycles. The van der Waals surface area contributed by atoms with E-state index in [4.69, 9.17) is 17.3 Å². The van der Waals surface area contributed by atoms with Gasteiger partial charge in [0.05, 0.1) is 21.2 Å². The molecule has 2 heterocycles. The maximum atomic E-state index is 12.4. The Labute approximate surface area is 171 Å². The number of aliphatic imine (C=N–C) groups is 1.